The number of aromatic nitrogens is 3. The second kappa shape index (κ2) is 6.20. The van der Waals surface area contributed by atoms with Crippen molar-refractivity contribution in [3.63, 3.8) is 0 Å². The van der Waals surface area contributed by atoms with Crippen LogP contribution in [0.15, 0.2) is 49.1 Å². The predicted octanol–water partition coefficient (Wildman–Crippen LogP) is 1.19. The van der Waals surface area contributed by atoms with E-state index in [1.807, 2.05) is 0 Å². The highest BCUT2D eigenvalue weighted by Crippen LogP contribution is 2.29. The Balaban J connectivity index is 1.86. The molecule has 0 aliphatic heterocycles. The number of H-pyrrole nitrogens is 2. The van der Waals surface area contributed by atoms with Crippen molar-refractivity contribution in [3.05, 3.63) is 67.3 Å². The van der Waals surface area contributed by atoms with Gasteiger partial charge in [0.1, 0.15) is 0 Å². The quantitative estimate of drug-likeness (QED) is 0.558. The van der Waals surface area contributed by atoms with Crippen LogP contribution < -0.4 is 26.5 Å². The molecule has 0 saturated heterocycles. The van der Waals surface area contributed by atoms with Crippen LogP contribution in [0, 0.1) is 0 Å². The SMILES string of the molecule is COc1cc2[nH]c(=O)n(Cc3ccc4oc(=O)[nH]c4c3)c(=O)c2cc1OC. The highest BCUT2D eigenvalue weighted by molar-refractivity contribution is 5.81. The summed E-state index contributed by atoms with van der Waals surface area (Å²) in [6, 6.07) is 8.02. The van der Waals surface area contributed by atoms with Crippen LogP contribution in [0.25, 0.3) is 22.0 Å². The second-order valence-corrected chi connectivity index (χ2v) is 5.92. The molecular formula is C18H15N3O6. The van der Waals surface area contributed by atoms with E-state index in [0.717, 1.165) is 4.57 Å². The summed E-state index contributed by atoms with van der Waals surface area (Å²) in [5.74, 6) is 0.231. The normalized spacial score (nSPS) is 11.2. The molecule has 0 amide bonds. The fourth-order valence-corrected chi connectivity index (χ4v) is 3.00. The Hall–Kier alpha value is -3.75. The topological polar surface area (TPSA) is 119 Å². The zero-order chi connectivity index (χ0) is 19.1. The van der Waals surface area contributed by atoms with Gasteiger partial charge < -0.3 is 18.9 Å². The molecular weight excluding hydrogens is 354 g/mol. The summed E-state index contributed by atoms with van der Waals surface area (Å²) in [4.78, 5) is 41.8. The van der Waals surface area contributed by atoms with E-state index in [2.05, 4.69) is 9.97 Å². The Morgan fingerprint density at radius 2 is 1.70 bits per heavy atom. The minimum absolute atomic E-state index is 0.0294. The van der Waals surface area contributed by atoms with E-state index in [-0.39, 0.29) is 6.54 Å². The minimum atomic E-state index is -0.566. The van der Waals surface area contributed by atoms with Crippen molar-refractivity contribution in [2.75, 3.05) is 14.2 Å². The standard InChI is InChI=1S/C18H15N3O6/c1-25-14-6-10-11(7-15(14)26-2)19-17(23)21(16(10)22)8-9-3-4-13-12(5-9)20-18(24)27-13/h3-7H,8H2,1-2H3,(H,19,23)(H,20,24). The summed E-state index contributed by atoms with van der Waals surface area (Å²) in [5.41, 5.74) is 0.894. The molecule has 9 heteroatoms. The van der Waals surface area contributed by atoms with Gasteiger partial charge in [-0.3, -0.25) is 14.3 Å². The van der Waals surface area contributed by atoms with Gasteiger partial charge in [-0.1, -0.05) is 6.07 Å². The maximum atomic E-state index is 12.9. The zero-order valence-electron chi connectivity index (χ0n) is 14.5. The van der Waals surface area contributed by atoms with Gasteiger partial charge >= 0.3 is 11.4 Å². The summed E-state index contributed by atoms with van der Waals surface area (Å²) < 4.78 is 16.5. The summed E-state index contributed by atoms with van der Waals surface area (Å²) in [6.45, 7) is 0.0294. The molecule has 0 radical (unpaired) electrons. The number of fused-ring (bicyclic) bond motifs is 2. The lowest BCUT2D eigenvalue weighted by Gasteiger charge is -2.11. The van der Waals surface area contributed by atoms with Gasteiger partial charge in [-0.25, -0.2) is 9.59 Å². The van der Waals surface area contributed by atoms with Gasteiger partial charge in [0.05, 0.1) is 37.2 Å². The number of rotatable bonds is 4. The molecule has 9 nitrogen and oxygen atoms in total. The summed E-state index contributed by atoms with van der Waals surface area (Å²) in [5, 5.41) is 0.296. The fraction of sp³-hybridized carbons (Fsp3) is 0.167. The molecule has 0 atom stereocenters. The molecule has 0 saturated carbocycles. The van der Waals surface area contributed by atoms with Crippen LogP contribution in [0.1, 0.15) is 5.56 Å². The highest BCUT2D eigenvalue weighted by atomic mass is 16.5. The average molecular weight is 369 g/mol. The van der Waals surface area contributed by atoms with Crippen molar-refractivity contribution in [2.24, 2.45) is 0 Å². The third-order valence-corrected chi connectivity index (χ3v) is 4.31. The molecule has 4 rings (SSSR count). The summed E-state index contributed by atoms with van der Waals surface area (Å²) in [6.07, 6.45) is 0. The minimum Gasteiger partial charge on any atom is -0.493 e. The summed E-state index contributed by atoms with van der Waals surface area (Å²) >= 11 is 0. The number of hydrogen-bond donors (Lipinski definition) is 2. The summed E-state index contributed by atoms with van der Waals surface area (Å²) in [7, 11) is 2.94. The van der Waals surface area contributed by atoms with E-state index < -0.39 is 17.0 Å². The molecule has 0 unspecified atom stereocenters. The number of aromatic amines is 2. The van der Waals surface area contributed by atoms with Gasteiger partial charge in [0, 0.05) is 6.07 Å². The van der Waals surface area contributed by atoms with Gasteiger partial charge in [0.2, 0.25) is 0 Å². The maximum Gasteiger partial charge on any atom is 0.417 e. The fourth-order valence-electron chi connectivity index (χ4n) is 3.00. The van der Waals surface area contributed by atoms with Crippen LogP contribution in [-0.4, -0.2) is 28.8 Å². The van der Waals surface area contributed by atoms with Crippen LogP contribution >= 0.6 is 0 Å². The van der Waals surface area contributed by atoms with Crippen molar-refractivity contribution in [1.82, 2.24) is 14.5 Å². The van der Waals surface area contributed by atoms with Crippen molar-refractivity contribution in [1.29, 1.82) is 0 Å². The smallest absolute Gasteiger partial charge is 0.417 e. The second-order valence-electron chi connectivity index (χ2n) is 5.92. The van der Waals surface area contributed by atoms with Crippen molar-refractivity contribution in [2.45, 2.75) is 6.54 Å². The Kier molecular flexibility index (Phi) is 3.84. The average Bonchev–Trinajstić information content (AvgIpc) is 3.03. The van der Waals surface area contributed by atoms with E-state index in [9.17, 15) is 14.4 Å². The first-order valence-corrected chi connectivity index (χ1v) is 8.01. The number of benzene rings is 2. The monoisotopic (exact) mass is 369 g/mol. The molecule has 0 aliphatic rings. The van der Waals surface area contributed by atoms with Gasteiger partial charge in [0.25, 0.3) is 5.56 Å². The molecule has 0 bridgehead atoms. The van der Waals surface area contributed by atoms with Crippen molar-refractivity contribution < 1.29 is 13.9 Å². The van der Waals surface area contributed by atoms with Crippen LogP contribution in [0.5, 0.6) is 11.5 Å². The van der Waals surface area contributed by atoms with E-state index in [4.69, 9.17) is 13.9 Å². The van der Waals surface area contributed by atoms with Gasteiger partial charge in [-0.05, 0) is 23.8 Å². The number of nitrogens with one attached hydrogen (secondary N) is 2. The molecule has 138 valence electrons. The van der Waals surface area contributed by atoms with Crippen LogP contribution in [0.3, 0.4) is 0 Å². The van der Waals surface area contributed by atoms with E-state index in [1.165, 1.54) is 20.3 Å². The Labute approximate surface area is 150 Å². The van der Waals surface area contributed by atoms with Crippen molar-refractivity contribution >= 4 is 22.0 Å². The van der Waals surface area contributed by atoms with Gasteiger partial charge in [0.15, 0.2) is 17.1 Å². The first-order valence-electron chi connectivity index (χ1n) is 8.01. The molecule has 0 aliphatic carbocycles. The molecule has 2 heterocycles. The number of nitrogens with zero attached hydrogens (tertiary/aromatic N) is 1. The highest BCUT2D eigenvalue weighted by Gasteiger charge is 2.13. The number of methoxy groups -OCH3 is 2. The molecule has 2 aromatic carbocycles. The lowest BCUT2D eigenvalue weighted by atomic mass is 10.2. The molecule has 27 heavy (non-hydrogen) atoms. The molecule has 2 N–H and O–H groups in total. The number of ether oxygens (including phenoxy) is 2. The number of oxazole rings is 1. The van der Waals surface area contributed by atoms with Crippen molar-refractivity contribution in [3.8, 4) is 11.5 Å². The molecule has 4 aromatic rings. The van der Waals surface area contributed by atoms with Crippen LogP contribution in [0.4, 0.5) is 0 Å². The molecule has 0 fully saturated rings. The Morgan fingerprint density at radius 3 is 2.44 bits per heavy atom. The lowest BCUT2D eigenvalue weighted by Crippen LogP contribution is -2.35. The van der Waals surface area contributed by atoms with Crippen LogP contribution in [-0.2, 0) is 6.54 Å². The third kappa shape index (κ3) is 2.78. The van der Waals surface area contributed by atoms with E-state index in [1.54, 1.807) is 24.3 Å². The van der Waals surface area contributed by atoms with E-state index in [0.29, 0.717) is 39.1 Å². The Bertz CT molecular complexity index is 1340. The largest absolute Gasteiger partial charge is 0.493 e. The molecule has 2 aromatic heterocycles. The van der Waals surface area contributed by atoms with Crippen LogP contribution in [0.2, 0.25) is 0 Å². The number of hydrogen-bond acceptors (Lipinski definition) is 6. The maximum absolute atomic E-state index is 12.9. The lowest BCUT2D eigenvalue weighted by molar-refractivity contribution is 0.355. The Morgan fingerprint density at radius 1 is 0.963 bits per heavy atom. The van der Waals surface area contributed by atoms with Gasteiger partial charge in [-0.2, -0.15) is 0 Å². The van der Waals surface area contributed by atoms with E-state index >= 15 is 0 Å². The first kappa shape index (κ1) is 16.7. The third-order valence-electron chi connectivity index (χ3n) is 4.31. The predicted molar refractivity (Wildman–Crippen MR) is 97.9 cm³/mol. The molecule has 0 spiro atoms. The first-order chi connectivity index (χ1) is 13.0. The van der Waals surface area contributed by atoms with Gasteiger partial charge in [-0.15, -0.1) is 0 Å². The zero-order valence-corrected chi connectivity index (χ0v) is 14.5.